The van der Waals surface area contributed by atoms with Gasteiger partial charge in [0.15, 0.2) is 0 Å². The normalized spacial score (nSPS) is 12.1. The summed E-state index contributed by atoms with van der Waals surface area (Å²) < 4.78 is 0. The first-order chi connectivity index (χ1) is 8.18. The maximum Gasteiger partial charge on any atom is 0.269 e. The topological polar surface area (TPSA) is 76.3 Å². The van der Waals surface area contributed by atoms with Crippen LogP contribution in [-0.2, 0) is 0 Å². The standard InChI is InChI=1S/C12H10N2O3/c15-12(10-5-7-13-8-6-10)9-1-3-11(4-2-9)14(16)17/h1-8,12,15H. The number of aliphatic hydroxyl groups is 1. The van der Waals surface area contributed by atoms with Gasteiger partial charge in [-0.25, -0.2) is 0 Å². The van der Waals surface area contributed by atoms with E-state index in [1.54, 1.807) is 36.7 Å². The van der Waals surface area contributed by atoms with Crippen molar-refractivity contribution >= 4 is 5.69 Å². The molecule has 5 nitrogen and oxygen atoms in total. The molecule has 0 radical (unpaired) electrons. The van der Waals surface area contributed by atoms with E-state index >= 15 is 0 Å². The van der Waals surface area contributed by atoms with Gasteiger partial charge in [0.05, 0.1) is 4.92 Å². The Morgan fingerprint density at radius 3 is 2.12 bits per heavy atom. The Kier molecular flexibility index (Phi) is 3.11. The van der Waals surface area contributed by atoms with E-state index in [0.29, 0.717) is 11.1 Å². The van der Waals surface area contributed by atoms with Crippen LogP contribution < -0.4 is 0 Å². The Morgan fingerprint density at radius 1 is 1.06 bits per heavy atom. The van der Waals surface area contributed by atoms with E-state index in [9.17, 15) is 15.2 Å². The smallest absolute Gasteiger partial charge is 0.269 e. The second-order valence-electron chi connectivity index (χ2n) is 3.53. The minimum Gasteiger partial charge on any atom is -0.384 e. The number of non-ortho nitro benzene ring substituents is 1. The van der Waals surface area contributed by atoms with Crippen molar-refractivity contribution in [2.75, 3.05) is 0 Å². The summed E-state index contributed by atoms with van der Waals surface area (Å²) in [5, 5.41) is 20.5. The summed E-state index contributed by atoms with van der Waals surface area (Å²) in [7, 11) is 0. The quantitative estimate of drug-likeness (QED) is 0.646. The number of hydrogen-bond donors (Lipinski definition) is 1. The van der Waals surface area contributed by atoms with Crippen LogP contribution in [-0.4, -0.2) is 15.0 Å². The van der Waals surface area contributed by atoms with Gasteiger partial charge in [-0.2, -0.15) is 0 Å². The lowest BCUT2D eigenvalue weighted by molar-refractivity contribution is -0.384. The van der Waals surface area contributed by atoms with Crippen LogP contribution in [0, 0.1) is 10.1 Å². The molecule has 0 saturated carbocycles. The lowest BCUT2D eigenvalue weighted by Crippen LogP contribution is -1.99. The fourth-order valence-electron chi connectivity index (χ4n) is 1.52. The highest BCUT2D eigenvalue weighted by molar-refractivity contribution is 5.36. The van der Waals surface area contributed by atoms with Crippen LogP contribution >= 0.6 is 0 Å². The van der Waals surface area contributed by atoms with Crippen molar-refractivity contribution in [3.05, 3.63) is 70.0 Å². The molecular weight excluding hydrogens is 220 g/mol. The fraction of sp³-hybridized carbons (Fsp3) is 0.0833. The van der Waals surface area contributed by atoms with Crippen molar-refractivity contribution in [1.29, 1.82) is 0 Å². The molecule has 0 amide bonds. The number of benzene rings is 1. The molecule has 5 heteroatoms. The number of hydrogen-bond acceptors (Lipinski definition) is 4. The Labute approximate surface area is 97.5 Å². The predicted octanol–water partition coefficient (Wildman–Crippen LogP) is 2.07. The lowest BCUT2D eigenvalue weighted by atomic mass is 10.0. The van der Waals surface area contributed by atoms with Crippen molar-refractivity contribution < 1.29 is 10.0 Å². The lowest BCUT2D eigenvalue weighted by Gasteiger charge is -2.10. The molecule has 2 rings (SSSR count). The minimum absolute atomic E-state index is 0.00989. The van der Waals surface area contributed by atoms with Gasteiger partial charge in [-0.3, -0.25) is 15.1 Å². The second kappa shape index (κ2) is 4.71. The average molecular weight is 230 g/mol. The molecule has 0 fully saturated rings. The van der Waals surface area contributed by atoms with Crippen molar-refractivity contribution in [2.45, 2.75) is 6.10 Å². The molecule has 0 aliphatic rings. The molecule has 0 saturated heterocycles. The predicted molar refractivity (Wildman–Crippen MR) is 61.4 cm³/mol. The van der Waals surface area contributed by atoms with Gasteiger partial charge in [0.2, 0.25) is 0 Å². The van der Waals surface area contributed by atoms with E-state index in [4.69, 9.17) is 0 Å². The maximum atomic E-state index is 10.5. The molecule has 1 N–H and O–H groups in total. The van der Waals surface area contributed by atoms with Crippen molar-refractivity contribution in [3.63, 3.8) is 0 Å². The third kappa shape index (κ3) is 2.46. The van der Waals surface area contributed by atoms with Gasteiger partial charge in [0.25, 0.3) is 5.69 Å². The Hall–Kier alpha value is -2.27. The average Bonchev–Trinajstić information content (AvgIpc) is 2.39. The van der Waals surface area contributed by atoms with Gasteiger partial charge < -0.3 is 5.11 Å². The summed E-state index contributed by atoms with van der Waals surface area (Å²) in [6.07, 6.45) is 2.38. The summed E-state index contributed by atoms with van der Waals surface area (Å²) in [5.41, 5.74) is 1.33. The number of nitro benzene ring substituents is 1. The molecule has 0 spiro atoms. The zero-order chi connectivity index (χ0) is 12.3. The van der Waals surface area contributed by atoms with Crippen LogP contribution in [0.3, 0.4) is 0 Å². The Bertz CT molecular complexity index is 511. The van der Waals surface area contributed by atoms with Gasteiger partial charge in [-0.15, -0.1) is 0 Å². The van der Waals surface area contributed by atoms with Crippen LogP contribution in [0.15, 0.2) is 48.8 Å². The van der Waals surface area contributed by atoms with Gasteiger partial charge in [-0.1, -0.05) is 0 Å². The summed E-state index contributed by atoms with van der Waals surface area (Å²) in [5.74, 6) is 0. The summed E-state index contributed by atoms with van der Waals surface area (Å²) >= 11 is 0. The van der Waals surface area contributed by atoms with Crippen LogP contribution in [0.5, 0.6) is 0 Å². The summed E-state index contributed by atoms with van der Waals surface area (Å²) in [4.78, 5) is 13.9. The Balaban J connectivity index is 2.26. The molecule has 0 bridgehead atoms. The van der Waals surface area contributed by atoms with Crippen LogP contribution in [0.4, 0.5) is 5.69 Å². The first-order valence-corrected chi connectivity index (χ1v) is 5.01. The maximum absolute atomic E-state index is 10.5. The van der Waals surface area contributed by atoms with E-state index in [1.165, 1.54) is 12.1 Å². The third-order valence-electron chi connectivity index (χ3n) is 2.44. The molecule has 0 aliphatic heterocycles. The summed E-state index contributed by atoms with van der Waals surface area (Å²) in [6, 6.07) is 9.24. The van der Waals surface area contributed by atoms with E-state index in [1.807, 2.05) is 0 Å². The van der Waals surface area contributed by atoms with Gasteiger partial charge in [0.1, 0.15) is 6.10 Å². The van der Waals surface area contributed by atoms with Crippen LogP contribution in [0.2, 0.25) is 0 Å². The molecule has 1 heterocycles. The SMILES string of the molecule is O=[N+]([O-])c1ccc(C(O)c2ccncc2)cc1. The van der Waals surface area contributed by atoms with E-state index in [-0.39, 0.29) is 5.69 Å². The molecule has 86 valence electrons. The summed E-state index contributed by atoms with van der Waals surface area (Å²) in [6.45, 7) is 0. The van der Waals surface area contributed by atoms with E-state index in [0.717, 1.165) is 0 Å². The number of nitro groups is 1. The monoisotopic (exact) mass is 230 g/mol. The fourth-order valence-corrected chi connectivity index (χ4v) is 1.52. The third-order valence-corrected chi connectivity index (χ3v) is 2.44. The molecule has 1 aromatic heterocycles. The first kappa shape index (κ1) is 11.2. The second-order valence-corrected chi connectivity index (χ2v) is 3.53. The number of nitrogens with zero attached hydrogens (tertiary/aromatic N) is 2. The molecule has 17 heavy (non-hydrogen) atoms. The number of aromatic nitrogens is 1. The van der Waals surface area contributed by atoms with Gasteiger partial charge >= 0.3 is 0 Å². The zero-order valence-corrected chi connectivity index (χ0v) is 8.85. The van der Waals surface area contributed by atoms with E-state index in [2.05, 4.69) is 4.98 Å². The highest BCUT2D eigenvalue weighted by Crippen LogP contribution is 2.23. The molecule has 2 aromatic rings. The molecule has 0 aliphatic carbocycles. The van der Waals surface area contributed by atoms with Gasteiger partial charge in [0, 0.05) is 24.5 Å². The molecular formula is C12H10N2O3. The van der Waals surface area contributed by atoms with Crippen molar-refractivity contribution in [3.8, 4) is 0 Å². The Morgan fingerprint density at radius 2 is 1.59 bits per heavy atom. The van der Waals surface area contributed by atoms with Crippen molar-refractivity contribution in [1.82, 2.24) is 4.98 Å². The van der Waals surface area contributed by atoms with Crippen LogP contribution in [0.1, 0.15) is 17.2 Å². The van der Waals surface area contributed by atoms with Gasteiger partial charge in [-0.05, 0) is 35.4 Å². The number of pyridine rings is 1. The van der Waals surface area contributed by atoms with Crippen LogP contribution in [0.25, 0.3) is 0 Å². The highest BCUT2D eigenvalue weighted by atomic mass is 16.6. The first-order valence-electron chi connectivity index (χ1n) is 5.01. The van der Waals surface area contributed by atoms with E-state index < -0.39 is 11.0 Å². The number of rotatable bonds is 3. The number of aliphatic hydroxyl groups excluding tert-OH is 1. The molecule has 1 atom stereocenters. The minimum atomic E-state index is -0.793. The molecule has 1 unspecified atom stereocenters. The van der Waals surface area contributed by atoms with Crippen molar-refractivity contribution in [2.24, 2.45) is 0 Å². The molecule has 1 aromatic carbocycles. The largest absolute Gasteiger partial charge is 0.384 e. The highest BCUT2D eigenvalue weighted by Gasteiger charge is 2.11. The zero-order valence-electron chi connectivity index (χ0n) is 8.85.